The number of carbonyl (C=O) groups excluding carboxylic acids is 1. The summed E-state index contributed by atoms with van der Waals surface area (Å²) in [5.74, 6) is 0.210. The van der Waals surface area contributed by atoms with E-state index in [0.717, 1.165) is 9.40 Å². The van der Waals surface area contributed by atoms with Crippen LogP contribution in [0.5, 0.6) is 5.75 Å². The minimum Gasteiger partial charge on any atom is -0.492 e. The summed E-state index contributed by atoms with van der Waals surface area (Å²) < 4.78 is 12.4. The Kier molecular flexibility index (Phi) is 4.57. The summed E-state index contributed by atoms with van der Waals surface area (Å²) in [6, 6.07) is 13.1. The van der Waals surface area contributed by atoms with Gasteiger partial charge in [0.2, 0.25) is 0 Å². The van der Waals surface area contributed by atoms with Crippen LogP contribution in [-0.4, -0.2) is 19.2 Å². The van der Waals surface area contributed by atoms with Gasteiger partial charge in [-0.15, -0.1) is 11.3 Å². The van der Waals surface area contributed by atoms with E-state index in [1.165, 1.54) is 0 Å². The van der Waals surface area contributed by atoms with Crippen molar-refractivity contribution in [3.8, 4) is 5.75 Å². The predicted molar refractivity (Wildman–Crippen MR) is 92.3 cm³/mol. The van der Waals surface area contributed by atoms with Gasteiger partial charge in [0.25, 0.3) is 0 Å². The zero-order valence-corrected chi connectivity index (χ0v) is 13.5. The molecular weight excluding hydrogens is 312 g/mol. The predicted octanol–water partition coefficient (Wildman–Crippen LogP) is 3.75. The van der Waals surface area contributed by atoms with Crippen molar-refractivity contribution in [1.29, 1.82) is 0 Å². The second kappa shape index (κ2) is 6.79. The first-order chi connectivity index (χ1) is 11.2. The third-order valence-corrected chi connectivity index (χ3v) is 4.57. The van der Waals surface area contributed by atoms with Crippen LogP contribution in [0.3, 0.4) is 0 Å². The van der Waals surface area contributed by atoms with Crippen LogP contribution < -0.4 is 10.2 Å². The normalized spacial score (nSPS) is 10.8. The second-order valence-corrected chi connectivity index (χ2v) is 6.04. The van der Waals surface area contributed by atoms with Crippen LogP contribution in [0.25, 0.3) is 20.2 Å². The van der Waals surface area contributed by atoms with Crippen molar-refractivity contribution in [3.05, 3.63) is 52.7 Å². The maximum atomic E-state index is 12.7. The average molecular weight is 328 g/mol. The first-order valence-electron chi connectivity index (χ1n) is 7.43. The first-order valence-corrected chi connectivity index (χ1v) is 8.25. The molecule has 5 heteroatoms. The summed E-state index contributed by atoms with van der Waals surface area (Å²) in [5, 5.41) is 1.26. The molecular formula is C18H16O4S. The molecule has 3 rings (SSSR count). The maximum absolute atomic E-state index is 12.7. The van der Waals surface area contributed by atoms with E-state index in [-0.39, 0.29) is 24.4 Å². The third kappa shape index (κ3) is 3.19. The highest BCUT2D eigenvalue weighted by atomic mass is 32.1. The number of rotatable bonds is 5. The van der Waals surface area contributed by atoms with Gasteiger partial charge in [0.1, 0.15) is 5.75 Å². The van der Waals surface area contributed by atoms with Crippen LogP contribution in [0.2, 0.25) is 0 Å². The van der Waals surface area contributed by atoms with Gasteiger partial charge in [-0.25, -0.2) is 0 Å². The fourth-order valence-corrected chi connectivity index (χ4v) is 3.51. The molecule has 1 aromatic heterocycles. The molecule has 0 amide bonds. The molecule has 0 fully saturated rings. The lowest BCUT2D eigenvalue weighted by atomic mass is 10.1. The molecule has 0 N–H and O–H groups in total. The molecule has 2 aromatic carbocycles. The molecule has 0 unspecified atom stereocenters. The molecule has 0 bridgehead atoms. The van der Waals surface area contributed by atoms with Crippen molar-refractivity contribution in [2.24, 2.45) is 0 Å². The number of benzene rings is 2. The topological polar surface area (TPSA) is 52.6 Å². The number of ether oxygens (including phenoxy) is 2. The zero-order chi connectivity index (χ0) is 16.2. The van der Waals surface area contributed by atoms with Crippen molar-refractivity contribution in [3.63, 3.8) is 0 Å². The second-order valence-electron chi connectivity index (χ2n) is 4.96. The summed E-state index contributed by atoms with van der Waals surface area (Å²) in [7, 11) is 0. The van der Waals surface area contributed by atoms with E-state index in [4.69, 9.17) is 9.47 Å². The van der Waals surface area contributed by atoms with Gasteiger partial charge in [-0.3, -0.25) is 9.59 Å². The molecule has 0 aliphatic carbocycles. The van der Waals surface area contributed by atoms with Crippen molar-refractivity contribution in [2.45, 2.75) is 13.3 Å². The quantitative estimate of drug-likeness (QED) is 0.529. The molecule has 118 valence electrons. The van der Waals surface area contributed by atoms with E-state index in [9.17, 15) is 9.59 Å². The van der Waals surface area contributed by atoms with Crippen molar-refractivity contribution in [2.75, 3.05) is 13.2 Å². The van der Waals surface area contributed by atoms with Crippen LogP contribution in [-0.2, 0) is 9.53 Å². The van der Waals surface area contributed by atoms with Crippen molar-refractivity contribution in [1.82, 2.24) is 0 Å². The summed E-state index contributed by atoms with van der Waals surface area (Å²) in [5.41, 5.74) is -0.0407. The van der Waals surface area contributed by atoms with Gasteiger partial charge in [-0.2, -0.15) is 0 Å². The van der Waals surface area contributed by atoms with Crippen molar-refractivity contribution >= 4 is 37.5 Å². The Hall–Kier alpha value is -2.40. The minimum absolute atomic E-state index is 0.0407. The van der Waals surface area contributed by atoms with E-state index in [1.54, 1.807) is 24.3 Å². The molecule has 0 radical (unpaired) electrons. The number of hydrogen-bond donors (Lipinski definition) is 0. The lowest BCUT2D eigenvalue weighted by molar-refractivity contribution is -0.143. The molecule has 0 atom stereocenters. The van der Waals surface area contributed by atoms with E-state index >= 15 is 0 Å². The lowest BCUT2D eigenvalue weighted by Crippen LogP contribution is -2.11. The van der Waals surface area contributed by atoms with Crippen LogP contribution in [0.1, 0.15) is 13.3 Å². The molecule has 3 aromatic rings. The average Bonchev–Trinajstić information content (AvgIpc) is 2.55. The van der Waals surface area contributed by atoms with Gasteiger partial charge in [0, 0.05) is 14.8 Å². The zero-order valence-electron chi connectivity index (χ0n) is 12.7. The Bertz CT molecular complexity index is 914. The van der Waals surface area contributed by atoms with Gasteiger partial charge >= 0.3 is 5.97 Å². The molecule has 0 saturated carbocycles. The highest BCUT2D eigenvalue weighted by molar-refractivity contribution is 7.24. The Morgan fingerprint density at radius 1 is 1.09 bits per heavy atom. The van der Waals surface area contributed by atoms with E-state index in [1.807, 2.05) is 36.4 Å². The third-order valence-electron chi connectivity index (χ3n) is 3.44. The summed E-state index contributed by atoms with van der Waals surface area (Å²) in [4.78, 5) is 24.1. The van der Waals surface area contributed by atoms with Gasteiger partial charge in [-0.05, 0) is 31.2 Å². The number of esters is 1. The molecule has 0 saturated heterocycles. The van der Waals surface area contributed by atoms with Crippen LogP contribution in [0.4, 0.5) is 0 Å². The minimum atomic E-state index is -0.302. The smallest absolute Gasteiger partial charge is 0.309 e. The Balaban J connectivity index is 1.96. The first kappa shape index (κ1) is 15.5. The van der Waals surface area contributed by atoms with Crippen LogP contribution in [0.15, 0.2) is 47.3 Å². The summed E-state index contributed by atoms with van der Waals surface area (Å²) in [6.45, 7) is 2.31. The monoisotopic (exact) mass is 328 g/mol. The van der Waals surface area contributed by atoms with E-state index in [2.05, 4.69) is 0 Å². The largest absolute Gasteiger partial charge is 0.492 e. The van der Waals surface area contributed by atoms with Crippen LogP contribution in [0, 0.1) is 0 Å². The Labute approximate surface area is 137 Å². The SMILES string of the molecule is CCOC(=O)CCOc1cccc2sc3ccccc3c(=O)c12. The highest BCUT2D eigenvalue weighted by Crippen LogP contribution is 2.30. The standard InChI is InChI=1S/C18H16O4S/c1-2-21-16(19)10-11-22-13-7-5-9-15-17(13)18(20)12-6-3-4-8-14(12)23-15/h3-9H,2,10-11H2,1H3. The summed E-state index contributed by atoms with van der Waals surface area (Å²) >= 11 is 1.56. The number of carbonyl (C=O) groups is 1. The Morgan fingerprint density at radius 3 is 2.70 bits per heavy atom. The molecule has 1 heterocycles. The Morgan fingerprint density at radius 2 is 1.87 bits per heavy atom. The van der Waals surface area contributed by atoms with Gasteiger partial charge < -0.3 is 9.47 Å². The van der Waals surface area contributed by atoms with Crippen molar-refractivity contribution < 1.29 is 14.3 Å². The molecule has 4 nitrogen and oxygen atoms in total. The highest BCUT2D eigenvalue weighted by Gasteiger charge is 2.11. The molecule has 23 heavy (non-hydrogen) atoms. The molecule has 0 spiro atoms. The van der Waals surface area contributed by atoms with E-state index < -0.39 is 0 Å². The van der Waals surface area contributed by atoms with Gasteiger partial charge in [0.05, 0.1) is 25.0 Å². The number of fused-ring (bicyclic) bond motifs is 2. The lowest BCUT2D eigenvalue weighted by Gasteiger charge is -2.09. The molecule has 0 aliphatic rings. The fraction of sp³-hybridized carbons (Fsp3) is 0.222. The van der Waals surface area contributed by atoms with Gasteiger partial charge in [0.15, 0.2) is 5.43 Å². The fourth-order valence-electron chi connectivity index (χ4n) is 2.41. The maximum Gasteiger partial charge on any atom is 0.309 e. The summed E-state index contributed by atoms with van der Waals surface area (Å²) in [6.07, 6.45) is 0.162. The van der Waals surface area contributed by atoms with Crippen LogP contribution >= 0.6 is 11.3 Å². The van der Waals surface area contributed by atoms with Gasteiger partial charge in [-0.1, -0.05) is 18.2 Å². The number of hydrogen-bond acceptors (Lipinski definition) is 5. The molecule has 0 aliphatic heterocycles. The van der Waals surface area contributed by atoms with E-state index in [0.29, 0.717) is 23.1 Å².